The van der Waals surface area contributed by atoms with Gasteiger partial charge >= 0.3 is 5.97 Å². The molecule has 0 saturated heterocycles. The Hall–Kier alpha value is -1.84. The summed E-state index contributed by atoms with van der Waals surface area (Å²) in [5.74, 6) is -0.162. The normalized spacial score (nSPS) is 7.67. The Morgan fingerprint density at radius 2 is 2.25 bits per heavy atom. The molecule has 2 N–H and O–H groups in total. The van der Waals surface area contributed by atoms with E-state index in [9.17, 15) is 4.79 Å². The SMILES string of the molecule is C=CC(=O)O.C=Cc1ncc[nH]1. The molecule has 1 aromatic rings. The highest BCUT2D eigenvalue weighted by molar-refractivity contribution is 5.78. The number of aromatic nitrogens is 2. The zero-order valence-electron chi connectivity index (χ0n) is 6.53. The van der Waals surface area contributed by atoms with Gasteiger partial charge in [0.05, 0.1) is 0 Å². The number of nitrogens with one attached hydrogen (secondary N) is 1. The van der Waals surface area contributed by atoms with Crippen molar-refractivity contribution in [3.05, 3.63) is 37.5 Å². The molecule has 4 heteroatoms. The predicted molar refractivity (Wildman–Crippen MR) is 46.5 cm³/mol. The molecular formula is C8H10N2O2. The summed E-state index contributed by atoms with van der Waals surface area (Å²) in [6.45, 7) is 6.47. The average Bonchev–Trinajstić information content (AvgIpc) is 2.57. The largest absolute Gasteiger partial charge is 0.478 e. The van der Waals surface area contributed by atoms with Crippen molar-refractivity contribution in [3.8, 4) is 0 Å². The van der Waals surface area contributed by atoms with Crippen LogP contribution in [0.3, 0.4) is 0 Å². The lowest BCUT2D eigenvalue weighted by atomic mass is 10.6. The van der Waals surface area contributed by atoms with E-state index >= 15 is 0 Å². The molecule has 1 rings (SSSR count). The highest BCUT2D eigenvalue weighted by Gasteiger charge is 1.78. The molecule has 1 heterocycles. The Balaban J connectivity index is 0.000000217. The van der Waals surface area contributed by atoms with Crippen molar-refractivity contribution in [1.29, 1.82) is 0 Å². The number of imidazole rings is 1. The lowest BCUT2D eigenvalue weighted by Crippen LogP contribution is -1.82. The predicted octanol–water partition coefficient (Wildman–Crippen LogP) is 1.31. The monoisotopic (exact) mass is 166 g/mol. The zero-order chi connectivity index (χ0) is 9.40. The lowest BCUT2D eigenvalue weighted by molar-refractivity contribution is -0.131. The van der Waals surface area contributed by atoms with Gasteiger partial charge in [-0.2, -0.15) is 0 Å². The van der Waals surface area contributed by atoms with Crippen LogP contribution in [0.15, 0.2) is 31.6 Å². The molecular weight excluding hydrogens is 156 g/mol. The first kappa shape index (κ1) is 10.2. The number of nitrogens with zero attached hydrogens (tertiary/aromatic N) is 1. The molecule has 4 nitrogen and oxygen atoms in total. The third-order valence-electron chi connectivity index (χ3n) is 0.887. The molecule has 0 amide bonds. The molecule has 0 spiro atoms. The maximum atomic E-state index is 9.25. The van der Waals surface area contributed by atoms with E-state index in [0.717, 1.165) is 11.9 Å². The second-order valence-corrected chi connectivity index (χ2v) is 1.72. The molecule has 0 radical (unpaired) electrons. The van der Waals surface area contributed by atoms with Crippen LogP contribution in [0.4, 0.5) is 0 Å². The van der Waals surface area contributed by atoms with E-state index in [1.165, 1.54) is 0 Å². The number of aromatic amines is 1. The fraction of sp³-hybridized carbons (Fsp3) is 0. The van der Waals surface area contributed by atoms with Crippen LogP contribution in [-0.4, -0.2) is 21.0 Å². The van der Waals surface area contributed by atoms with Gasteiger partial charge in [0.25, 0.3) is 0 Å². The third-order valence-corrected chi connectivity index (χ3v) is 0.887. The molecule has 0 saturated carbocycles. The average molecular weight is 166 g/mol. The van der Waals surface area contributed by atoms with Gasteiger partial charge in [0.1, 0.15) is 5.82 Å². The van der Waals surface area contributed by atoms with Crippen molar-refractivity contribution in [3.63, 3.8) is 0 Å². The smallest absolute Gasteiger partial charge is 0.327 e. The minimum absolute atomic E-state index is 0.819. The van der Waals surface area contributed by atoms with Crippen molar-refractivity contribution >= 4 is 12.0 Å². The Labute approximate surface area is 70.3 Å². The molecule has 0 aliphatic heterocycles. The van der Waals surface area contributed by atoms with Gasteiger partial charge in [0.15, 0.2) is 0 Å². The summed E-state index contributed by atoms with van der Waals surface area (Å²) in [7, 11) is 0. The topological polar surface area (TPSA) is 66.0 Å². The maximum absolute atomic E-state index is 9.25. The van der Waals surface area contributed by atoms with Gasteiger partial charge in [-0.3, -0.25) is 0 Å². The molecule has 0 aliphatic rings. The summed E-state index contributed by atoms with van der Waals surface area (Å²) >= 11 is 0. The van der Waals surface area contributed by atoms with Crippen LogP contribution in [0.2, 0.25) is 0 Å². The number of hydrogen-bond acceptors (Lipinski definition) is 2. The van der Waals surface area contributed by atoms with E-state index in [4.69, 9.17) is 5.11 Å². The van der Waals surface area contributed by atoms with E-state index in [1.54, 1.807) is 18.5 Å². The van der Waals surface area contributed by atoms with Crippen molar-refractivity contribution in [1.82, 2.24) is 9.97 Å². The van der Waals surface area contributed by atoms with Gasteiger partial charge in [-0.15, -0.1) is 0 Å². The molecule has 0 fully saturated rings. The van der Waals surface area contributed by atoms with E-state index in [-0.39, 0.29) is 0 Å². The Kier molecular flexibility index (Phi) is 5.00. The summed E-state index contributed by atoms with van der Waals surface area (Å²) in [5.41, 5.74) is 0. The van der Waals surface area contributed by atoms with E-state index < -0.39 is 5.97 Å². The Morgan fingerprint density at radius 1 is 1.67 bits per heavy atom. The van der Waals surface area contributed by atoms with Gasteiger partial charge in [-0.25, -0.2) is 9.78 Å². The fourth-order valence-corrected chi connectivity index (χ4v) is 0.389. The zero-order valence-corrected chi connectivity index (χ0v) is 6.53. The summed E-state index contributed by atoms with van der Waals surface area (Å²) in [6.07, 6.45) is 5.95. The second-order valence-electron chi connectivity index (χ2n) is 1.72. The van der Waals surface area contributed by atoms with Gasteiger partial charge in [-0.05, 0) is 6.08 Å². The highest BCUT2D eigenvalue weighted by atomic mass is 16.4. The summed E-state index contributed by atoms with van der Waals surface area (Å²) in [4.78, 5) is 16.0. The second kappa shape index (κ2) is 5.91. The molecule has 12 heavy (non-hydrogen) atoms. The highest BCUT2D eigenvalue weighted by Crippen LogP contribution is 1.85. The number of carboxylic acids is 1. The molecule has 0 atom stereocenters. The standard InChI is InChI=1S/C5H6N2.C3H4O2/c1-2-5-6-3-4-7-5;1-2-3(4)5/h2-4H,1H2,(H,6,7);2H,1H2,(H,4,5). The van der Waals surface area contributed by atoms with Crippen molar-refractivity contribution in [2.24, 2.45) is 0 Å². The van der Waals surface area contributed by atoms with Crippen LogP contribution < -0.4 is 0 Å². The van der Waals surface area contributed by atoms with E-state index in [1.807, 2.05) is 0 Å². The number of aliphatic carboxylic acids is 1. The molecule has 0 bridgehead atoms. The minimum Gasteiger partial charge on any atom is -0.478 e. The van der Waals surface area contributed by atoms with Gasteiger partial charge in [-0.1, -0.05) is 13.2 Å². The molecule has 0 aromatic carbocycles. The Morgan fingerprint density at radius 3 is 2.42 bits per heavy atom. The Bertz CT molecular complexity index is 252. The fourth-order valence-electron chi connectivity index (χ4n) is 0.389. The molecule has 0 unspecified atom stereocenters. The number of carbonyl (C=O) groups is 1. The van der Waals surface area contributed by atoms with Crippen molar-refractivity contribution in [2.75, 3.05) is 0 Å². The first-order chi connectivity index (χ1) is 5.70. The van der Waals surface area contributed by atoms with Crippen LogP contribution in [0.5, 0.6) is 0 Å². The third kappa shape index (κ3) is 4.99. The molecule has 64 valence electrons. The van der Waals surface area contributed by atoms with Crippen LogP contribution in [0.1, 0.15) is 5.82 Å². The summed E-state index contributed by atoms with van der Waals surface area (Å²) in [6, 6.07) is 0. The quantitative estimate of drug-likeness (QED) is 0.651. The van der Waals surface area contributed by atoms with E-state index in [0.29, 0.717) is 0 Å². The number of H-pyrrole nitrogens is 1. The number of hydrogen-bond donors (Lipinski definition) is 2. The lowest BCUT2D eigenvalue weighted by Gasteiger charge is -1.73. The van der Waals surface area contributed by atoms with Crippen molar-refractivity contribution < 1.29 is 9.90 Å². The summed E-state index contributed by atoms with van der Waals surface area (Å²) in [5, 5.41) is 7.60. The molecule has 1 aromatic heterocycles. The first-order valence-corrected chi connectivity index (χ1v) is 3.18. The van der Waals surface area contributed by atoms with E-state index in [2.05, 4.69) is 23.1 Å². The van der Waals surface area contributed by atoms with Gasteiger partial charge in [0, 0.05) is 18.5 Å². The number of rotatable bonds is 2. The minimum atomic E-state index is -0.981. The number of carboxylic acid groups (broad SMARTS) is 1. The van der Waals surface area contributed by atoms with Crippen LogP contribution in [0, 0.1) is 0 Å². The van der Waals surface area contributed by atoms with Gasteiger partial charge < -0.3 is 10.1 Å². The van der Waals surface area contributed by atoms with Crippen LogP contribution >= 0.6 is 0 Å². The maximum Gasteiger partial charge on any atom is 0.327 e. The van der Waals surface area contributed by atoms with Crippen LogP contribution in [0.25, 0.3) is 6.08 Å². The van der Waals surface area contributed by atoms with Gasteiger partial charge in [0.2, 0.25) is 0 Å². The van der Waals surface area contributed by atoms with Crippen molar-refractivity contribution in [2.45, 2.75) is 0 Å². The van der Waals surface area contributed by atoms with Crippen LogP contribution in [-0.2, 0) is 4.79 Å². The summed E-state index contributed by atoms with van der Waals surface area (Å²) < 4.78 is 0. The first-order valence-electron chi connectivity index (χ1n) is 3.18. The molecule has 0 aliphatic carbocycles.